The molecule has 1 heterocycles. The van der Waals surface area contributed by atoms with Crippen LogP contribution in [0.25, 0.3) is 0 Å². The van der Waals surface area contributed by atoms with Crippen LogP contribution < -0.4 is 5.32 Å². The van der Waals surface area contributed by atoms with Crippen LogP contribution in [-0.4, -0.2) is 30.9 Å². The Morgan fingerprint density at radius 1 is 1.38 bits per heavy atom. The molecule has 1 aromatic rings. The average molecular weight is 319 g/mol. The molecule has 1 aliphatic heterocycles. The van der Waals surface area contributed by atoms with Crippen molar-refractivity contribution in [3.63, 3.8) is 0 Å². The Kier molecular flexibility index (Phi) is 6.55. The van der Waals surface area contributed by atoms with Gasteiger partial charge in [0.05, 0.1) is 12.0 Å². The van der Waals surface area contributed by atoms with E-state index in [1.807, 2.05) is 6.92 Å². The molecule has 1 aliphatic rings. The predicted molar refractivity (Wildman–Crippen MR) is 80.4 cm³/mol. The molecule has 0 aromatic heterocycles. The SMILES string of the molecule is CC(c1ccc(F)c(F)c1)N(C)C(=O)C1CCCNC1.Cl. The topological polar surface area (TPSA) is 32.3 Å². The van der Waals surface area contributed by atoms with Gasteiger partial charge in [-0.1, -0.05) is 6.07 Å². The summed E-state index contributed by atoms with van der Waals surface area (Å²) >= 11 is 0. The van der Waals surface area contributed by atoms with Crippen LogP contribution in [0.15, 0.2) is 18.2 Å². The highest BCUT2D eigenvalue weighted by molar-refractivity contribution is 5.85. The van der Waals surface area contributed by atoms with Gasteiger partial charge in [-0.25, -0.2) is 8.78 Å². The molecule has 1 amide bonds. The molecular formula is C15H21ClF2N2O. The molecule has 2 unspecified atom stereocenters. The molecule has 1 N–H and O–H groups in total. The first-order valence-corrected chi connectivity index (χ1v) is 6.93. The second-order valence-electron chi connectivity index (χ2n) is 5.34. The summed E-state index contributed by atoms with van der Waals surface area (Å²) in [5.41, 5.74) is 0.600. The Balaban J connectivity index is 0.00000220. The Labute approximate surface area is 130 Å². The van der Waals surface area contributed by atoms with Crippen LogP contribution in [0.4, 0.5) is 8.78 Å². The van der Waals surface area contributed by atoms with Crippen molar-refractivity contribution < 1.29 is 13.6 Å². The van der Waals surface area contributed by atoms with E-state index in [0.29, 0.717) is 12.1 Å². The Morgan fingerprint density at radius 2 is 2.10 bits per heavy atom. The fraction of sp³-hybridized carbons (Fsp3) is 0.533. The van der Waals surface area contributed by atoms with E-state index >= 15 is 0 Å². The number of halogens is 3. The van der Waals surface area contributed by atoms with Gasteiger partial charge >= 0.3 is 0 Å². The summed E-state index contributed by atoms with van der Waals surface area (Å²) in [6, 6.07) is 3.50. The van der Waals surface area contributed by atoms with Gasteiger partial charge < -0.3 is 10.2 Å². The lowest BCUT2D eigenvalue weighted by molar-refractivity contribution is -0.136. The molecule has 2 rings (SSSR count). The van der Waals surface area contributed by atoms with Crippen molar-refractivity contribution in [2.45, 2.75) is 25.8 Å². The molecule has 1 aromatic carbocycles. The number of carbonyl (C=O) groups is 1. The third-order valence-corrected chi connectivity index (χ3v) is 4.00. The fourth-order valence-electron chi connectivity index (χ4n) is 2.54. The van der Waals surface area contributed by atoms with Crippen LogP contribution in [0, 0.1) is 17.6 Å². The highest BCUT2D eigenvalue weighted by Gasteiger charge is 2.27. The van der Waals surface area contributed by atoms with Crippen LogP contribution in [-0.2, 0) is 4.79 Å². The lowest BCUT2D eigenvalue weighted by Crippen LogP contribution is -2.42. The molecule has 0 bridgehead atoms. The first kappa shape index (κ1) is 17.9. The van der Waals surface area contributed by atoms with E-state index < -0.39 is 11.6 Å². The van der Waals surface area contributed by atoms with Gasteiger partial charge in [-0.15, -0.1) is 12.4 Å². The Bertz CT molecular complexity index is 493. The van der Waals surface area contributed by atoms with Gasteiger partial charge in [-0.05, 0) is 44.0 Å². The summed E-state index contributed by atoms with van der Waals surface area (Å²) in [7, 11) is 1.71. The van der Waals surface area contributed by atoms with Crippen LogP contribution in [0.3, 0.4) is 0 Å². The highest BCUT2D eigenvalue weighted by Crippen LogP contribution is 2.24. The summed E-state index contributed by atoms with van der Waals surface area (Å²) in [5.74, 6) is -1.73. The standard InChI is InChI=1S/C15H20F2N2O.ClH/c1-10(11-5-6-13(16)14(17)8-11)19(2)15(20)12-4-3-7-18-9-12;/h5-6,8,10,12,18H,3-4,7,9H2,1-2H3;1H. The number of carbonyl (C=O) groups excluding carboxylic acids is 1. The van der Waals surface area contributed by atoms with Crippen molar-refractivity contribution in [1.82, 2.24) is 10.2 Å². The first-order chi connectivity index (χ1) is 9.50. The number of benzene rings is 1. The zero-order valence-electron chi connectivity index (χ0n) is 12.2. The second-order valence-corrected chi connectivity index (χ2v) is 5.34. The summed E-state index contributed by atoms with van der Waals surface area (Å²) in [6.45, 7) is 3.46. The maximum atomic E-state index is 13.3. The Morgan fingerprint density at radius 3 is 2.67 bits per heavy atom. The molecule has 118 valence electrons. The molecule has 0 saturated carbocycles. The van der Waals surface area contributed by atoms with E-state index in [9.17, 15) is 13.6 Å². The van der Waals surface area contributed by atoms with E-state index in [2.05, 4.69) is 5.32 Å². The minimum absolute atomic E-state index is 0. The number of hydrogen-bond donors (Lipinski definition) is 1. The van der Waals surface area contributed by atoms with Gasteiger partial charge in [0.1, 0.15) is 0 Å². The highest BCUT2D eigenvalue weighted by atomic mass is 35.5. The van der Waals surface area contributed by atoms with Crippen LogP contribution >= 0.6 is 12.4 Å². The van der Waals surface area contributed by atoms with E-state index in [0.717, 1.165) is 31.5 Å². The predicted octanol–water partition coefficient (Wildman–Crippen LogP) is 2.91. The summed E-state index contributed by atoms with van der Waals surface area (Å²) in [6.07, 6.45) is 1.87. The Hall–Kier alpha value is -1.20. The number of rotatable bonds is 3. The monoisotopic (exact) mass is 318 g/mol. The molecule has 1 fully saturated rings. The lowest BCUT2D eigenvalue weighted by Gasteiger charge is -2.31. The van der Waals surface area contributed by atoms with Crippen molar-refractivity contribution in [1.29, 1.82) is 0 Å². The minimum Gasteiger partial charge on any atom is -0.339 e. The molecule has 3 nitrogen and oxygen atoms in total. The molecule has 21 heavy (non-hydrogen) atoms. The number of hydrogen-bond acceptors (Lipinski definition) is 2. The number of nitrogens with one attached hydrogen (secondary N) is 1. The first-order valence-electron chi connectivity index (χ1n) is 6.93. The maximum Gasteiger partial charge on any atom is 0.227 e. The number of amides is 1. The van der Waals surface area contributed by atoms with E-state index in [1.165, 1.54) is 6.07 Å². The summed E-state index contributed by atoms with van der Waals surface area (Å²) in [5, 5.41) is 3.21. The lowest BCUT2D eigenvalue weighted by atomic mass is 9.97. The quantitative estimate of drug-likeness (QED) is 0.929. The van der Waals surface area contributed by atoms with Crippen molar-refractivity contribution in [2.24, 2.45) is 5.92 Å². The van der Waals surface area contributed by atoms with Crippen LogP contribution in [0.5, 0.6) is 0 Å². The average Bonchev–Trinajstić information content (AvgIpc) is 2.48. The zero-order chi connectivity index (χ0) is 14.7. The second kappa shape index (κ2) is 7.71. The van der Waals surface area contributed by atoms with Gasteiger partial charge in [0.15, 0.2) is 11.6 Å². The largest absolute Gasteiger partial charge is 0.339 e. The molecular weight excluding hydrogens is 298 g/mol. The summed E-state index contributed by atoms with van der Waals surface area (Å²) < 4.78 is 26.2. The van der Waals surface area contributed by atoms with Crippen molar-refractivity contribution in [3.8, 4) is 0 Å². The molecule has 2 atom stereocenters. The van der Waals surface area contributed by atoms with Crippen LogP contribution in [0.1, 0.15) is 31.4 Å². The molecule has 0 spiro atoms. The van der Waals surface area contributed by atoms with Crippen LogP contribution in [0.2, 0.25) is 0 Å². The van der Waals surface area contributed by atoms with E-state index in [4.69, 9.17) is 0 Å². The van der Waals surface area contributed by atoms with Crippen molar-refractivity contribution >= 4 is 18.3 Å². The summed E-state index contributed by atoms with van der Waals surface area (Å²) in [4.78, 5) is 14.0. The van der Waals surface area contributed by atoms with Gasteiger partial charge in [-0.3, -0.25) is 4.79 Å². The van der Waals surface area contributed by atoms with E-state index in [1.54, 1.807) is 11.9 Å². The molecule has 6 heteroatoms. The molecule has 1 saturated heterocycles. The molecule has 0 aliphatic carbocycles. The smallest absolute Gasteiger partial charge is 0.227 e. The minimum atomic E-state index is -0.880. The number of nitrogens with zero attached hydrogens (tertiary/aromatic N) is 1. The number of piperidine rings is 1. The third kappa shape index (κ3) is 4.14. The van der Waals surface area contributed by atoms with Gasteiger partial charge in [0.2, 0.25) is 5.91 Å². The van der Waals surface area contributed by atoms with Gasteiger partial charge in [0, 0.05) is 13.6 Å². The van der Waals surface area contributed by atoms with Crippen molar-refractivity contribution in [2.75, 3.05) is 20.1 Å². The van der Waals surface area contributed by atoms with Gasteiger partial charge in [0.25, 0.3) is 0 Å². The maximum absolute atomic E-state index is 13.3. The van der Waals surface area contributed by atoms with Crippen molar-refractivity contribution in [3.05, 3.63) is 35.4 Å². The van der Waals surface area contributed by atoms with E-state index in [-0.39, 0.29) is 30.3 Å². The zero-order valence-corrected chi connectivity index (χ0v) is 13.1. The molecule has 0 radical (unpaired) electrons. The van der Waals surface area contributed by atoms with Gasteiger partial charge in [-0.2, -0.15) is 0 Å². The third-order valence-electron chi connectivity index (χ3n) is 4.00. The fourth-order valence-corrected chi connectivity index (χ4v) is 2.54. The normalized spacial score (nSPS) is 19.5.